The van der Waals surface area contributed by atoms with Crippen LogP contribution in [0.2, 0.25) is 0 Å². The summed E-state index contributed by atoms with van der Waals surface area (Å²) in [6.45, 7) is 2.83. The van der Waals surface area contributed by atoms with Crippen molar-refractivity contribution in [3.05, 3.63) is 64.7 Å². The molecule has 0 saturated carbocycles. The average Bonchev–Trinajstić information content (AvgIpc) is 2.62. The first kappa shape index (κ1) is 22.6. The zero-order chi connectivity index (χ0) is 22.0. The molecule has 0 fully saturated rings. The van der Waals surface area contributed by atoms with Crippen molar-refractivity contribution in [2.24, 2.45) is 0 Å². The van der Waals surface area contributed by atoms with E-state index in [0.29, 0.717) is 0 Å². The molecule has 1 unspecified atom stereocenters. The van der Waals surface area contributed by atoms with E-state index in [-0.39, 0.29) is 22.4 Å². The van der Waals surface area contributed by atoms with E-state index in [1.54, 1.807) is 6.07 Å². The zero-order valence-corrected chi connectivity index (χ0v) is 16.1. The first-order valence-corrected chi connectivity index (χ1v) is 8.64. The van der Waals surface area contributed by atoms with Crippen LogP contribution in [-0.2, 0) is 11.8 Å². The van der Waals surface area contributed by atoms with Gasteiger partial charge < -0.3 is 9.84 Å². The van der Waals surface area contributed by atoms with Crippen molar-refractivity contribution in [2.75, 3.05) is 7.11 Å². The molecule has 0 aliphatic rings. The smallest absolute Gasteiger partial charge is 0.417 e. The number of hydrogen-bond acceptors (Lipinski definition) is 3. The standard InChI is InChI=1S/C21H20F5NO2/c1-19(2,16-9-15(22)6-7-18(16)29-3)12-20(28,21(24,25)26)10-14-5-4-13(11-27)8-17(14)23/h4-9,28H,10,12H2,1-3H3. The van der Waals surface area contributed by atoms with E-state index in [9.17, 15) is 27.1 Å². The molecule has 0 aliphatic carbocycles. The van der Waals surface area contributed by atoms with E-state index in [1.807, 2.05) is 0 Å². The third-order valence-corrected chi connectivity index (χ3v) is 4.82. The number of alkyl halides is 3. The third kappa shape index (κ3) is 4.85. The molecule has 2 rings (SSSR count). The maximum absolute atomic E-state index is 14.2. The van der Waals surface area contributed by atoms with Gasteiger partial charge in [0.2, 0.25) is 0 Å². The summed E-state index contributed by atoms with van der Waals surface area (Å²) in [5.41, 5.74) is -4.97. The predicted molar refractivity (Wildman–Crippen MR) is 96.4 cm³/mol. The maximum Gasteiger partial charge on any atom is 0.417 e. The topological polar surface area (TPSA) is 53.2 Å². The van der Waals surface area contributed by atoms with Crippen molar-refractivity contribution in [1.29, 1.82) is 5.26 Å². The van der Waals surface area contributed by atoms with Crippen LogP contribution in [0.25, 0.3) is 0 Å². The molecule has 0 heterocycles. The van der Waals surface area contributed by atoms with E-state index >= 15 is 0 Å². The number of hydrogen-bond donors (Lipinski definition) is 1. The highest BCUT2D eigenvalue weighted by Gasteiger charge is 2.56. The second kappa shape index (κ2) is 7.99. The SMILES string of the molecule is COc1ccc(F)cc1C(C)(C)CC(O)(Cc1ccc(C#N)cc1F)C(F)(F)F. The molecule has 0 bridgehead atoms. The molecular formula is C21H20F5NO2. The molecule has 0 aromatic heterocycles. The van der Waals surface area contributed by atoms with Gasteiger partial charge in [-0.25, -0.2) is 8.78 Å². The summed E-state index contributed by atoms with van der Waals surface area (Å²) in [4.78, 5) is 0. The van der Waals surface area contributed by atoms with Gasteiger partial charge >= 0.3 is 6.18 Å². The Morgan fingerprint density at radius 3 is 2.24 bits per heavy atom. The largest absolute Gasteiger partial charge is 0.496 e. The van der Waals surface area contributed by atoms with E-state index in [0.717, 1.165) is 24.3 Å². The Bertz CT molecular complexity index is 934. The van der Waals surface area contributed by atoms with Crippen LogP contribution < -0.4 is 4.74 Å². The first-order valence-electron chi connectivity index (χ1n) is 8.64. The lowest BCUT2D eigenvalue weighted by Gasteiger charge is -2.38. The van der Waals surface area contributed by atoms with Crippen LogP contribution in [0.15, 0.2) is 36.4 Å². The van der Waals surface area contributed by atoms with Gasteiger partial charge in [0, 0.05) is 12.0 Å². The molecule has 3 nitrogen and oxygen atoms in total. The van der Waals surface area contributed by atoms with Crippen molar-refractivity contribution in [1.82, 2.24) is 0 Å². The lowest BCUT2D eigenvalue weighted by molar-refractivity contribution is -0.266. The van der Waals surface area contributed by atoms with E-state index in [2.05, 4.69) is 0 Å². The van der Waals surface area contributed by atoms with Crippen molar-refractivity contribution in [2.45, 2.75) is 43.9 Å². The van der Waals surface area contributed by atoms with Crippen molar-refractivity contribution in [3.63, 3.8) is 0 Å². The summed E-state index contributed by atoms with van der Waals surface area (Å²) < 4.78 is 74.6. The van der Waals surface area contributed by atoms with Crippen molar-refractivity contribution < 1.29 is 31.8 Å². The van der Waals surface area contributed by atoms with Gasteiger partial charge in [0.25, 0.3) is 0 Å². The summed E-state index contributed by atoms with van der Waals surface area (Å²) in [6, 6.07) is 8.18. The number of aliphatic hydroxyl groups is 1. The molecule has 0 saturated heterocycles. The Morgan fingerprint density at radius 1 is 1.07 bits per heavy atom. The summed E-state index contributed by atoms with van der Waals surface area (Å²) >= 11 is 0. The Morgan fingerprint density at radius 2 is 1.72 bits per heavy atom. The van der Waals surface area contributed by atoms with Gasteiger partial charge in [-0.15, -0.1) is 0 Å². The molecule has 0 spiro atoms. The number of nitriles is 1. The zero-order valence-electron chi connectivity index (χ0n) is 16.1. The lowest BCUT2D eigenvalue weighted by Crippen LogP contribution is -2.51. The number of methoxy groups -OCH3 is 1. The van der Waals surface area contributed by atoms with Crippen LogP contribution in [0.1, 0.15) is 37.0 Å². The van der Waals surface area contributed by atoms with E-state index in [4.69, 9.17) is 10.00 Å². The molecule has 1 atom stereocenters. The fraction of sp³-hybridized carbons (Fsp3) is 0.381. The molecular weight excluding hydrogens is 393 g/mol. The Labute approximate surface area is 165 Å². The molecule has 1 N–H and O–H groups in total. The van der Waals surface area contributed by atoms with Crippen LogP contribution in [0.5, 0.6) is 5.75 Å². The average molecular weight is 413 g/mol. The van der Waals surface area contributed by atoms with Gasteiger partial charge in [0.15, 0.2) is 5.60 Å². The monoisotopic (exact) mass is 413 g/mol. The van der Waals surface area contributed by atoms with Crippen molar-refractivity contribution in [3.8, 4) is 11.8 Å². The Kier molecular flexibility index (Phi) is 6.24. The van der Waals surface area contributed by atoms with Crippen molar-refractivity contribution >= 4 is 0 Å². The van der Waals surface area contributed by atoms with Gasteiger partial charge in [-0.05, 0) is 47.7 Å². The maximum atomic E-state index is 14.2. The van der Waals surface area contributed by atoms with Crippen LogP contribution in [0.4, 0.5) is 22.0 Å². The highest BCUT2D eigenvalue weighted by molar-refractivity contribution is 5.40. The number of benzene rings is 2. The number of nitrogens with zero attached hydrogens (tertiary/aromatic N) is 1. The lowest BCUT2D eigenvalue weighted by atomic mass is 9.72. The summed E-state index contributed by atoms with van der Waals surface area (Å²) in [6.07, 6.45) is -7.02. The third-order valence-electron chi connectivity index (χ3n) is 4.82. The molecule has 29 heavy (non-hydrogen) atoms. The quantitative estimate of drug-likeness (QED) is 0.675. The van der Waals surface area contributed by atoms with Gasteiger partial charge in [-0.2, -0.15) is 18.4 Å². The van der Waals surface area contributed by atoms with Crippen LogP contribution in [0.3, 0.4) is 0 Å². The van der Waals surface area contributed by atoms with Crippen LogP contribution in [0, 0.1) is 23.0 Å². The highest BCUT2D eigenvalue weighted by Crippen LogP contribution is 2.45. The first-order chi connectivity index (χ1) is 13.3. The molecule has 2 aromatic rings. The molecule has 156 valence electrons. The summed E-state index contributed by atoms with van der Waals surface area (Å²) in [5, 5.41) is 19.4. The van der Waals surface area contributed by atoms with Gasteiger partial charge in [0.1, 0.15) is 17.4 Å². The molecule has 8 heteroatoms. The number of ether oxygens (including phenoxy) is 1. The Balaban J connectivity index is 2.48. The number of rotatable bonds is 6. The molecule has 0 radical (unpaired) electrons. The molecule has 2 aromatic carbocycles. The highest BCUT2D eigenvalue weighted by atomic mass is 19.4. The predicted octanol–water partition coefficient (Wildman–Crippen LogP) is 5.05. The fourth-order valence-electron chi connectivity index (χ4n) is 3.37. The van der Waals surface area contributed by atoms with Gasteiger partial charge in [0.05, 0.1) is 18.7 Å². The summed E-state index contributed by atoms with van der Waals surface area (Å²) in [5.74, 6) is -1.51. The van der Waals surface area contributed by atoms with E-state index in [1.165, 1.54) is 33.1 Å². The minimum Gasteiger partial charge on any atom is -0.496 e. The normalized spacial score (nSPS) is 14.2. The Hall–Kier alpha value is -2.66. The number of halogens is 5. The molecule has 0 amide bonds. The van der Waals surface area contributed by atoms with Crippen LogP contribution in [-0.4, -0.2) is 24.0 Å². The minimum absolute atomic E-state index is 0.0494. The van der Waals surface area contributed by atoms with E-state index < -0.39 is 41.7 Å². The fourth-order valence-corrected chi connectivity index (χ4v) is 3.37. The summed E-state index contributed by atoms with van der Waals surface area (Å²) in [7, 11) is 1.30. The minimum atomic E-state index is -5.09. The second-order valence-corrected chi connectivity index (χ2v) is 7.53. The molecule has 0 aliphatic heterocycles. The second-order valence-electron chi connectivity index (χ2n) is 7.53. The van der Waals surface area contributed by atoms with Gasteiger partial charge in [-0.1, -0.05) is 19.9 Å². The van der Waals surface area contributed by atoms with Gasteiger partial charge in [-0.3, -0.25) is 0 Å². The van der Waals surface area contributed by atoms with Crippen LogP contribution >= 0.6 is 0 Å².